The lowest BCUT2D eigenvalue weighted by atomic mass is 10.1. The van der Waals surface area contributed by atoms with Crippen LogP contribution in [0.4, 0.5) is 0 Å². The van der Waals surface area contributed by atoms with Crippen molar-refractivity contribution in [1.29, 1.82) is 0 Å². The van der Waals surface area contributed by atoms with E-state index < -0.39 is 0 Å². The summed E-state index contributed by atoms with van der Waals surface area (Å²) in [4.78, 5) is 0. The minimum Gasteiger partial charge on any atom is -0.324 e. The fraction of sp³-hybridized carbons (Fsp3) is 0.333. The molecule has 1 nitrogen and oxygen atoms in total. The van der Waals surface area contributed by atoms with Crippen molar-refractivity contribution >= 4 is 28.3 Å². The number of hydrogen-bond donors (Lipinski definition) is 1. The normalized spacial score (nSPS) is 12.0. The average Bonchev–Trinajstić information content (AvgIpc) is 1.94. The molecule has 0 bridgehead atoms. The van der Waals surface area contributed by atoms with Crippen molar-refractivity contribution in [2.75, 3.05) is 0 Å². The molecule has 12 heavy (non-hydrogen) atoms. The van der Waals surface area contributed by atoms with Crippen molar-refractivity contribution in [3.8, 4) is 0 Å². The highest BCUT2D eigenvalue weighted by atomic mass is 79.9. The summed E-state index contributed by atoms with van der Waals surface area (Å²) >= 11 is 3.44. The third kappa shape index (κ3) is 2.77. The first-order chi connectivity index (χ1) is 5.11. The Morgan fingerprint density at radius 2 is 2.00 bits per heavy atom. The van der Waals surface area contributed by atoms with Crippen LogP contribution in [-0.4, -0.2) is 0 Å². The van der Waals surface area contributed by atoms with Crippen LogP contribution < -0.4 is 5.73 Å². The molecule has 0 amide bonds. The maximum absolute atomic E-state index is 5.72. The second-order valence-corrected chi connectivity index (χ2v) is 3.65. The van der Waals surface area contributed by atoms with Crippen molar-refractivity contribution in [3.05, 3.63) is 33.8 Å². The molecular weight excluding hydrogens is 237 g/mol. The molecule has 1 aromatic rings. The van der Waals surface area contributed by atoms with Gasteiger partial charge in [-0.2, -0.15) is 0 Å². The fourth-order valence-electron chi connectivity index (χ4n) is 0.951. The van der Waals surface area contributed by atoms with E-state index in [4.69, 9.17) is 5.73 Å². The quantitative estimate of drug-likeness (QED) is 0.814. The molecule has 1 unspecified atom stereocenters. The van der Waals surface area contributed by atoms with Gasteiger partial charge < -0.3 is 5.73 Å². The molecule has 0 saturated carbocycles. The van der Waals surface area contributed by atoms with Gasteiger partial charge in [-0.15, -0.1) is 12.4 Å². The molecule has 0 heterocycles. The first kappa shape index (κ1) is 11.9. The van der Waals surface area contributed by atoms with E-state index in [1.807, 2.05) is 19.1 Å². The Hall–Kier alpha value is -0.0500. The highest BCUT2D eigenvalue weighted by Crippen LogP contribution is 2.19. The highest BCUT2D eigenvalue weighted by Gasteiger charge is 2.00. The first-order valence-electron chi connectivity index (χ1n) is 3.63. The maximum Gasteiger partial charge on any atom is 0.0266 e. The minimum atomic E-state index is 0. The summed E-state index contributed by atoms with van der Waals surface area (Å²) < 4.78 is 1.14. The van der Waals surface area contributed by atoms with E-state index in [1.165, 1.54) is 11.1 Å². The van der Waals surface area contributed by atoms with Crippen molar-refractivity contribution in [3.63, 3.8) is 0 Å². The third-order valence-electron chi connectivity index (χ3n) is 1.71. The standard InChI is InChI=1S/C9H12BrN.ClH/c1-6-5-8(7(2)11)3-4-9(6)10;/h3-5,7H,11H2,1-2H3;1H. The summed E-state index contributed by atoms with van der Waals surface area (Å²) in [5.41, 5.74) is 8.14. The summed E-state index contributed by atoms with van der Waals surface area (Å²) in [5, 5.41) is 0. The molecule has 0 saturated heterocycles. The zero-order valence-electron chi connectivity index (χ0n) is 7.17. The smallest absolute Gasteiger partial charge is 0.0266 e. The van der Waals surface area contributed by atoms with Crippen LogP contribution in [0.2, 0.25) is 0 Å². The van der Waals surface area contributed by atoms with E-state index in [0.29, 0.717) is 0 Å². The van der Waals surface area contributed by atoms with Gasteiger partial charge in [0, 0.05) is 10.5 Å². The molecular formula is C9H13BrClN. The predicted octanol–water partition coefficient (Wildman–Crippen LogP) is 3.20. The van der Waals surface area contributed by atoms with Crippen LogP contribution in [0.1, 0.15) is 24.1 Å². The zero-order chi connectivity index (χ0) is 8.43. The van der Waals surface area contributed by atoms with Crippen molar-refractivity contribution in [2.45, 2.75) is 19.9 Å². The molecule has 0 aromatic heterocycles. The van der Waals surface area contributed by atoms with Crippen LogP contribution in [0, 0.1) is 6.92 Å². The average molecular weight is 251 g/mol. The molecule has 2 N–H and O–H groups in total. The molecule has 0 aliphatic carbocycles. The van der Waals surface area contributed by atoms with E-state index in [1.54, 1.807) is 0 Å². The van der Waals surface area contributed by atoms with E-state index >= 15 is 0 Å². The van der Waals surface area contributed by atoms with Crippen LogP contribution in [0.3, 0.4) is 0 Å². The first-order valence-corrected chi connectivity index (χ1v) is 4.42. The van der Waals surface area contributed by atoms with E-state index in [9.17, 15) is 0 Å². The van der Waals surface area contributed by atoms with Crippen LogP contribution in [-0.2, 0) is 0 Å². The lowest BCUT2D eigenvalue weighted by Gasteiger charge is -2.06. The van der Waals surface area contributed by atoms with Crippen LogP contribution in [0.25, 0.3) is 0 Å². The van der Waals surface area contributed by atoms with Gasteiger partial charge in [-0.1, -0.05) is 28.1 Å². The summed E-state index contributed by atoms with van der Waals surface area (Å²) in [5.74, 6) is 0. The Kier molecular flexibility index (Phi) is 4.83. The van der Waals surface area contributed by atoms with E-state index in [0.717, 1.165) is 4.47 Å². The van der Waals surface area contributed by atoms with Crippen LogP contribution in [0.15, 0.2) is 22.7 Å². The molecule has 3 heteroatoms. The molecule has 0 fully saturated rings. The second kappa shape index (κ2) is 4.85. The molecule has 0 spiro atoms. The molecule has 1 atom stereocenters. The fourth-order valence-corrected chi connectivity index (χ4v) is 1.20. The lowest BCUT2D eigenvalue weighted by Crippen LogP contribution is -2.04. The Bertz CT molecular complexity index is 261. The van der Waals surface area contributed by atoms with Gasteiger partial charge in [0.1, 0.15) is 0 Å². The molecule has 1 rings (SSSR count). The van der Waals surface area contributed by atoms with Gasteiger partial charge in [0.2, 0.25) is 0 Å². The van der Waals surface area contributed by atoms with Gasteiger partial charge in [0.25, 0.3) is 0 Å². The summed E-state index contributed by atoms with van der Waals surface area (Å²) in [6.45, 7) is 4.05. The zero-order valence-corrected chi connectivity index (χ0v) is 9.58. The van der Waals surface area contributed by atoms with Gasteiger partial charge in [-0.05, 0) is 31.0 Å². The van der Waals surface area contributed by atoms with Crippen molar-refractivity contribution in [1.82, 2.24) is 0 Å². The number of aryl methyl sites for hydroxylation is 1. The monoisotopic (exact) mass is 249 g/mol. The Labute approximate surface area is 87.9 Å². The van der Waals surface area contributed by atoms with Gasteiger partial charge in [-0.3, -0.25) is 0 Å². The van der Waals surface area contributed by atoms with Gasteiger partial charge >= 0.3 is 0 Å². The van der Waals surface area contributed by atoms with Gasteiger partial charge in [0.15, 0.2) is 0 Å². The number of rotatable bonds is 1. The van der Waals surface area contributed by atoms with Gasteiger partial charge in [-0.25, -0.2) is 0 Å². The minimum absolute atomic E-state index is 0. The number of nitrogens with two attached hydrogens (primary N) is 1. The predicted molar refractivity (Wildman–Crippen MR) is 58.7 cm³/mol. The van der Waals surface area contributed by atoms with Gasteiger partial charge in [0.05, 0.1) is 0 Å². The summed E-state index contributed by atoms with van der Waals surface area (Å²) in [6.07, 6.45) is 0. The largest absolute Gasteiger partial charge is 0.324 e. The van der Waals surface area contributed by atoms with Crippen LogP contribution in [0.5, 0.6) is 0 Å². The summed E-state index contributed by atoms with van der Waals surface area (Å²) in [6, 6.07) is 6.31. The molecule has 1 aromatic carbocycles. The molecule has 68 valence electrons. The molecule has 0 aliphatic rings. The SMILES string of the molecule is Cc1cc(C(C)N)ccc1Br.Cl. The van der Waals surface area contributed by atoms with E-state index in [2.05, 4.69) is 28.9 Å². The molecule has 0 aliphatic heterocycles. The Balaban J connectivity index is 0.00000121. The lowest BCUT2D eigenvalue weighted by molar-refractivity contribution is 0.816. The van der Waals surface area contributed by atoms with Crippen molar-refractivity contribution < 1.29 is 0 Å². The van der Waals surface area contributed by atoms with Crippen molar-refractivity contribution in [2.24, 2.45) is 5.73 Å². The Morgan fingerprint density at radius 3 is 2.42 bits per heavy atom. The highest BCUT2D eigenvalue weighted by molar-refractivity contribution is 9.10. The number of hydrogen-bond acceptors (Lipinski definition) is 1. The topological polar surface area (TPSA) is 26.0 Å². The maximum atomic E-state index is 5.72. The number of halogens is 2. The molecule has 0 radical (unpaired) electrons. The van der Waals surface area contributed by atoms with Crippen LogP contribution >= 0.6 is 28.3 Å². The van der Waals surface area contributed by atoms with E-state index in [-0.39, 0.29) is 18.4 Å². The number of benzene rings is 1. The summed E-state index contributed by atoms with van der Waals surface area (Å²) in [7, 11) is 0. The Morgan fingerprint density at radius 1 is 1.42 bits per heavy atom. The third-order valence-corrected chi connectivity index (χ3v) is 2.60. The second-order valence-electron chi connectivity index (χ2n) is 2.80.